The van der Waals surface area contributed by atoms with Gasteiger partial charge in [0.1, 0.15) is 0 Å². The molecule has 0 amide bonds. The summed E-state index contributed by atoms with van der Waals surface area (Å²) >= 11 is 0. The minimum atomic E-state index is 0. The van der Waals surface area contributed by atoms with Crippen LogP contribution in [0.15, 0.2) is 35.3 Å². The summed E-state index contributed by atoms with van der Waals surface area (Å²) in [5, 5.41) is 16.3. The lowest BCUT2D eigenvalue weighted by Gasteiger charge is -2.29. The van der Waals surface area contributed by atoms with Gasteiger partial charge in [-0.15, -0.1) is 24.0 Å². The van der Waals surface area contributed by atoms with Gasteiger partial charge in [0.25, 0.3) is 0 Å². The van der Waals surface area contributed by atoms with Crippen molar-refractivity contribution in [1.82, 2.24) is 10.6 Å². The molecular weight excluding hydrogens is 477 g/mol. The normalized spacial score (nSPS) is 27.3. The third kappa shape index (κ3) is 7.40. The monoisotopic (exact) mass is 515 g/mol. The number of rotatable bonds is 8. The summed E-state index contributed by atoms with van der Waals surface area (Å²) in [6.07, 6.45) is 6.85. The molecule has 0 radical (unpaired) electrons. The summed E-state index contributed by atoms with van der Waals surface area (Å²) in [5.74, 6) is 2.34. The molecule has 0 aromatic heterocycles. The van der Waals surface area contributed by atoms with E-state index in [0.29, 0.717) is 19.1 Å². The number of benzene rings is 1. The van der Waals surface area contributed by atoms with Gasteiger partial charge in [0.2, 0.25) is 0 Å². The summed E-state index contributed by atoms with van der Waals surface area (Å²) in [5.41, 5.74) is 1.50. The predicted molar refractivity (Wildman–Crippen MR) is 130 cm³/mol. The van der Waals surface area contributed by atoms with Crippen LogP contribution >= 0.6 is 24.0 Å². The number of ether oxygens (including phenoxy) is 1. The molecule has 1 aromatic carbocycles. The van der Waals surface area contributed by atoms with Crippen LogP contribution in [-0.4, -0.2) is 50.5 Å². The molecule has 1 aromatic rings. The first-order chi connectivity index (χ1) is 13.7. The van der Waals surface area contributed by atoms with Crippen molar-refractivity contribution in [2.75, 3.05) is 39.5 Å². The molecule has 0 bridgehead atoms. The van der Waals surface area contributed by atoms with E-state index in [1.54, 1.807) is 0 Å². The second-order valence-corrected chi connectivity index (χ2v) is 8.48. The number of hydrogen-bond donors (Lipinski definition) is 3. The highest BCUT2D eigenvalue weighted by Gasteiger charge is 2.34. The number of aliphatic hydroxyl groups is 1. The molecule has 0 spiro atoms. The summed E-state index contributed by atoms with van der Waals surface area (Å²) in [4.78, 5) is 4.84. The largest absolute Gasteiger partial charge is 0.396 e. The van der Waals surface area contributed by atoms with Crippen molar-refractivity contribution in [1.29, 1.82) is 0 Å². The van der Waals surface area contributed by atoms with Gasteiger partial charge < -0.3 is 20.5 Å². The minimum absolute atomic E-state index is 0. The number of nitrogens with zero attached hydrogens (tertiary/aromatic N) is 1. The van der Waals surface area contributed by atoms with Crippen LogP contribution < -0.4 is 10.6 Å². The zero-order valence-electron chi connectivity index (χ0n) is 17.7. The Kier molecular flexibility index (Phi) is 10.7. The van der Waals surface area contributed by atoms with E-state index in [1.807, 2.05) is 0 Å². The van der Waals surface area contributed by atoms with Gasteiger partial charge in [-0.1, -0.05) is 30.3 Å². The Balaban J connectivity index is 0.00000300. The van der Waals surface area contributed by atoms with Gasteiger partial charge in [0, 0.05) is 31.7 Å². The number of aliphatic imine (C=N–C) groups is 1. The first-order valence-electron chi connectivity index (χ1n) is 11.0. The van der Waals surface area contributed by atoms with Gasteiger partial charge in [-0.3, -0.25) is 4.99 Å². The number of guanidine groups is 1. The fourth-order valence-corrected chi connectivity index (χ4v) is 4.54. The minimum Gasteiger partial charge on any atom is -0.396 e. The van der Waals surface area contributed by atoms with Gasteiger partial charge >= 0.3 is 0 Å². The molecule has 1 saturated heterocycles. The van der Waals surface area contributed by atoms with Crippen LogP contribution in [-0.2, 0) is 4.74 Å². The fraction of sp³-hybridized carbons (Fsp3) is 0.696. The van der Waals surface area contributed by atoms with E-state index in [0.717, 1.165) is 44.4 Å². The van der Waals surface area contributed by atoms with Crippen molar-refractivity contribution in [2.24, 2.45) is 16.3 Å². The first-order valence-corrected chi connectivity index (χ1v) is 11.0. The van der Waals surface area contributed by atoms with Crippen molar-refractivity contribution in [3.05, 3.63) is 35.9 Å². The van der Waals surface area contributed by atoms with Crippen LogP contribution in [0.5, 0.6) is 0 Å². The van der Waals surface area contributed by atoms with Gasteiger partial charge in [-0.25, -0.2) is 0 Å². The van der Waals surface area contributed by atoms with Gasteiger partial charge in [-0.2, -0.15) is 0 Å². The lowest BCUT2D eigenvalue weighted by Crippen LogP contribution is -2.41. The molecule has 1 heterocycles. The van der Waals surface area contributed by atoms with Gasteiger partial charge in [0.15, 0.2) is 5.96 Å². The average molecular weight is 515 g/mol. The number of aliphatic hydroxyl groups excluding tert-OH is 1. The number of hydrogen-bond acceptors (Lipinski definition) is 3. The Bertz CT molecular complexity index is 597. The van der Waals surface area contributed by atoms with Crippen molar-refractivity contribution >= 4 is 29.9 Å². The first kappa shape index (κ1) is 24.4. The van der Waals surface area contributed by atoms with E-state index in [9.17, 15) is 5.11 Å². The fourth-order valence-electron chi connectivity index (χ4n) is 4.54. The van der Waals surface area contributed by atoms with Crippen molar-refractivity contribution in [2.45, 2.75) is 51.4 Å². The Morgan fingerprint density at radius 1 is 1.17 bits per heavy atom. The van der Waals surface area contributed by atoms with Crippen LogP contribution in [0.2, 0.25) is 0 Å². The Labute approximate surface area is 193 Å². The predicted octanol–water partition coefficient (Wildman–Crippen LogP) is 3.92. The molecule has 3 N–H and O–H groups in total. The van der Waals surface area contributed by atoms with Gasteiger partial charge in [0.05, 0.1) is 13.2 Å². The number of halogens is 1. The highest BCUT2D eigenvalue weighted by atomic mass is 127. The molecule has 2 fully saturated rings. The van der Waals surface area contributed by atoms with Crippen molar-refractivity contribution in [3.8, 4) is 0 Å². The van der Waals surface area contributed by atoms with Crippen LogP contribution in [0.25, 0.3) is 0 Å². The maximum absolute atomic E-state index is 9.40. The van der Waals surface area contributed by atoms with Crippen LogP contribution in [0.3, 0.4) is 0 Å². The van der Waals surface area contributed by atoms with Crippen LogP contribution in [0.1, 0.15) is 56.9 Å². The standard InChI is InChI=1S/C23H37N3O2.HI/c1-2-24-22(26-17-23(12-14-27)13-15-28-18-23)25-16-19-8-10-21(11-9-19)20-6-4-3-5-7-20;/h3-7,19,21,27H,2,8-18H2,1H3,(H2,24,25,26);1H. The second kappa shape index (κ2) is 12.7. The zero-order chi connectivity index (χ0) is 19.7. The molecule has 1 atom stereocenters. The second-order valence-electron chi connectivity index (χ2n) is 8.48. The lowest BCUT2D eigenvalue weighted by molar-refractivity contribution is 0.131. The molecule has 164 valence electrons. The molecule has 1 saturated carbocycles. The number of nitrogens with one attached hydrogen (secondary N) is 2. The molecular formula is C23H38IN3O2. The van der Waals surface area contributed by atoms with E-state index < -0.39 is 0 Å². The van der Waals surface area contributed by atoms with E-state index in [1.165, 1.54) is 31.2 Å². The molecule has 3 rings (SSSR count). The molecule has 2 aliphatic rings. The summed E-state index contributed by atoms with van der Waals surface area (Å²) in [6, 6.07) is 11.0. The molecule has 1 aliphatic heterocycles. The SMILES string of the molecule is CCNC(=NCC1(CCO)CCOC1)NCC1CCC(c2ccccc2)CC1.I. The highest BCUT2D eigenvalue weighted by Crippen LogP contribution is 2.35. The van der Waals surface area contributed by atoms with Crippen LogP contribution in [0, 0.1) is 11.3 Å². The molecule has 1 aliphatic carbocycles. The molecule has 5 nitrogen and oxygen atoms in total. The summed E-state index contributed by atoms with van der Waals surface area (Å²) < 4.78 is 5.59. The topological polar surface area (TPSA) is 65.9 Å². The van der Waals surface area contributed by atoms with Crippen molar-refractivity contribution in [3.63, 3.8) is 0 Å². The van der Waals surface area contributed by atoms with Gasteiger partial charge in [-0.05, 0) is 62.8 Å². The third-order valence-electron chi connectivity index (χ3n) is 6.42. The quantitative estimate of drug-likeness (QED) is 0.279. The van der Waals surface area contributed by atoms with Crippen molar-refractivity contribution < 1.29 is 9.84 Å². The van der Waals surface area contributed by atoms with E-state index >= 15 is 0 Å². The third-order valence-corrected chi connectivity index (χ3v) is 6.42. The molecule has 1 unspecified atom stereocenters. The highest BCUT2D eigenvalue weighted by molar-refractivity contribution is 14.0. The Hall–Kier alpha value is -0.860. The summed E-state index contributed by atoms with van der Waals surface area (Å²) in [6.45, 7) is 6.35. The Morgan fingerprint density at radius 2 is 1.93 bits per heavy atom. The Morgan fingerprint density at radius 3 is 2.55 bits per heavy atom. The zero-order valence-corrected chi connectivity index (χ0v) is 20.1. The molecule has 29 heavy (non-hydrogen) atoms. The van der Waals surface area contributed by atoms with E-state index in [2.05, 4.69) is 47.9 Å². The average Bonchev–Trinajstić information content (AvgIpc) is 3.20. The van der Waals surface area contributed by atoms with E-state index in [4.69, 9.17) is 9.73 Å². The molecule has 6 heteroatoms. The van der Waals surface area contributed by atoms with E-state index in [-0.39, 0.29) is 36.0 Å². The maximum atomic E-state index is 9.40. The smallest absolute Gasteiger partial charge is 0.191 e. The maximum Gasteiger partial charge on any atom is 0.191 e. The summed E-state index contributed by atoms with van der Waals surface area (Å²) in [7, 11) is 0. The van der Waals surface area contributed by atoms with Crippen LogP contribution in [0.4, 0.5) is 0 Å². The lowest BCUT2D eigenvalue weighted by atomic mass is 9.79.